The summed E-state index contributed by atoms with van der Waals surface area (Å²) in [6.45, 7) is 4.07. The fourth-order valence-electron chi connectivity index (χ4n) is 3.21. The Hall–Kier alpha value is -2.90. The minimum absolute atomic E-state index is 0.104. The van der Waals surface area contributed by atoms with Crippen LogP contribution in [0.3, 0.4) is 0 Å². The van der Waals surface area contributed by atoms with E-state index in [1.807, 2.05) is 30.7 Å². The number of halogens is 1. The van der Waals surface area contributed by atoms with Gasteiger partial charge in [-0.15, -0.1) is 0 Å². The molecule has 2 aromatic carbocycles. The highest BCUT2D eigenvalue weighted by Crippen LogP contribution is 2.23. The summed E-state index contributed by atoms with van der Waals surface area (Å²) in [5.41, 5.74) is 1.74. The minimum Gasteiger partial charge on any atom is -0.345 e. The van der Waals surface area contributed by atoms with E-state index in [1.54, 1.807) is 36.4 Å². The summed E-state index contributed by atoms with van der Waals surface area (Å²) >= 11 is 5.97. The first-order valence-corrected chi connectivity index (χ1v) is 10.8. The highest BCUT2D eigenvalue weighted by Gasteiger charge is 2.20. The van der Waals surface area contributed by atoms with Crippen LogP contribution < -0.4 is 4.72 Å². The van der Waals surface area contributed by atoms with Gasteiger partial charge in [0.05, 0.1) is 5.52 Å². The quantitative estimate of drug-likeness (QED) is 0.518. The van der Waals surface area contributed by atoms with Crippen LogP contribution in [0.25, 0.3) is 21.8 Å². The number of aromatic nitrogens is 2. The molecular formula is C21H18ClN3O3S. The highest BCUT2D eigenvalue weighted by molar-refractivity contribution is 7.90. The van der Waals surface area contributed by atoms with Crippen LogP contribution in [0, 0.1) is 0 Å². The number of amides is 1. The molecule has 1 amide bonds. The van der Waals surface area contributed by atoms with Crippen LogP contribution in [0.5, 0.6) is 0 Å². The van der Waals surface area contributed by atoms with Gasteiger partial charge in [-0.2, -0.15) is 0 Å². The minimum atomic E-state index is -4.09. The van der Waals surface area contributed by atoms with Crippen molar-refractivity contribution >= 4 is 49.3 Å². The van der Waals surface area contributed by atoms with Gasteiger partial charge in [0.25, 0.3) is 15.9 Å². The van der Waals surface area contributed by atoms with E-state index in [2.05, 4.69) is 9.71 Å². The molecule has 0 spiro atoms. The maximum atomic E-state index is 12.7. The number of sulfonamides is 1. The smallest absolute Gasteiger partial charge is 0.265 e. The van der Waals surface area contributed by atoms with Gasteiger partial charge in [-0.1, -0.05) is 17.7 Å². The van der Waals surface area contributed by atoms with Gasteiger partial charge in [0, 0.05) is 39.9 Å². The molecule has 148 valence electrons. The predicted molar refractivity (Wildman–Crippen MR) is 114 cm³/mol. The Morgan fingerprint density at radius 2 is 1.86 bits per heavy atom. The molecule has 2 aromatic heterocycles. The fraction of sp³-hybridized carbons (Fsp3) is 0.143. The monoisotopic (exact) mass is 427 g/mol. The molecule has 6 nitrogen and oxygen atoms in total. The first-order chi connectivity index (χ1) is 13.7. The average molecular weight is 428 g/mol. The van der Waals surface area contributed by atoms with E-state index < -0.39 is 15.9 Å². The third kappa shape index (κ3) is 3.71. The van der Waals surface area contributed by atoms with E-state index in [0.717, 1.165) is 10.9 Å². The lowest BCUT2D eigenvalue weighted by molar-refractivity contribution is 0.0981. The number of hydrogen-bond donors (Lipinski definition) is 1. The van der Waals surface area contributed by atoms with E-state index in [4.69, 9.17) is 11.6 Å². The maximum Gasteiger partial charge on any atom is 0.265 e. The first-order valence-electron chi connectivity index (χ1n) is 8.98. The Balaban J connectivity index is 1.66. The van der Waals surface area contributed by atoms with Gasteiger partial charge in [-0.3, -0.25) is 9.78 Å². The van der Waals surface area contributed by atoms with Gasteiger partial charge in [0.2, 0.25) is 0 Å². The van der Waals surface area contributed by atoms with Crippen LogP contribution in [0.2, 0.25) is 5.02 Å². The van der Waals surface area contributed by atoms with Crippen LogP contribution in [0.1, 0.15) is 30.2 Å². The van der Waals surface area contributed by atoms with E-state index in [1.165, 1.54) is 12.3 Å². The van der Waals surface area contributed by atoms with Gasteiger partial charge in [-0.25, -0.2) is 13.1 Å². The maximum absolute atomic E-state index is 12.7. The number of pyridine rings is 1. The lowest BCUT2D eigenvalue weighted by atomic mass is 10.1. The van der Waals surface area contributed by atoms with Crippen LogP contribution in [-0.4, -0.2) is 23.9 Å². The Morgan fingerprint density at radius 3 is 2.62 bits per heavy atom. The van der Waals surface area contributed by atoms with Crippen molar-refractivity contribution in [2.75, 3.05) is 0 Å². The number of benzene rings is 2. The molecule has 0 saturated heterocycles. The van der Waals surface area contributed by atoms with Gasteiger partial charge in [0.15, 0.2) is 0 Å². The van der Waals surface area contributed by atoms with Gasteiger partial charge in [0.1, 0.15) is 4.90 Å². The Bertz CT molecular complexity index is 1360. The molecule has 0 fully saturated rings. The molecule has 4 rings (SSSR count). The van der Waals surface area contributed by atoms with Crippen molar-refractivity contribution in [3.63, 3.8) is 0 Å². The summed E-state index contributed by atoms with van der Waals surface area (Å²) in [5, 5.41) is 2.03. The fourth-order valence-corrected chi connectivity index (χ4v) is 4.34. The van der Waals surface area contributed by atoms with Crippen molar-refractivity contribution in [1.82, 2.24) is 14.3 Å². The first kappa shape index (κ1) is 19.4. The number of rotatable bonds is 4. The van der Waals surface area contributed by atoms with Gasteiger partial charge >= 0.3 is 0 Å². The zero-order valence-corrected chi connectivity index (χ0v) is 17.3. The van der Waals surface area contributed by atoms with Crippen LogP contribution in [0.4, 0.5) is 0 Å². The molecule has 8 heteroatoms. The largest absolute Gasteiger partial charge is 0.345 e. The molecule has 0 aliphatic rings. The molecule has 0 atom stereocenters. The SMILES string of the molecule is CC(C)n1ccc2ccc(C(=O)NS(=O)(=O)c3cnc4ccc(Cl)cc4c3)cc21. The number of nitrogens with one attached hydrogen (secondary N) is 1. The van der Waals surface area contributed by atoms with Crippen LogP contribution >= 0.6 is 11.6 Å². The molecule has 0 saturated carbocycles. The number of carbonyl (C=O) groups excluding carboxylic acids is 1. The summed E-state index contributed by atoms with van der Waals surface area (Å²) in [4.78, 5) is 16.7. The third-order valence-corrected chi connectivity index (χ3v) is 6.23. The second-order valence-corrected chi connectivity index (χ2v) is 9.15. The number of hydrogen-bond acceptors (Lipinski definition) is 4. The molecule has 4 aromatic rings. The normalized spacial score (nSPS) is 12.0. The molecule has 0 aliphatic carbocycles. The van der Waals surface area contributed by atoms with Gasteiger partial charge in [-0.05, 0) is 61.7 Å². The van der Waals surface area contributed by atoms with Gasteiger partial charge < -0.3 is 4.57 Å². The Morgan fingerprint density at radius 1 is 1.07 bits per heavy atom. The second kappa shape index (κ2) is 7.17. The summed E-state index contributed by atoms with van der Waals surface area (Å²) in [7, 11) is -4.09. The third-order valence-electron chi connectivity index (χ3n) is 4.70. The summed E-state index contributed by atoms with van der Waals surface area (Å²) in [6, 6.07) is 13.7. The topological polar surface area (TPSA) is 81.1 Å². The van der Waals surface area contributed by atoms with E-state index in [0.29, 0.717) is 15.9 Å². The van der Waals surface area contributed by atoms with Crippen molar-refractivity contribution in [3.05, 3.63) is 71.5 Å². The summed E-state index contributed by atoms with van der Waals surface area (Å²) in [5.74, 6) is -0.699. The predicted octanol–water partition coefficient (Wildman–Crippen LogP) is 4.54. The van der Waals surface area contributed by atoms with Crippen LogP contribution in [0.15, 0.2) is 65.8 Å². The van der Waals surface area contributed by atoms with Crippen molar-refractivity contribution in [2.24, 2.45) is 0 Å². The molecular weight excluding hydrogens is 410 g/mol. The zero-order valence-electron chi connectivity index (χ0n) is 15.8. The molecule has 0 radical (unpaired) electrons. The molecule has 29 heavy (non-hydrogen) atoms. The number of nitrogens with zero attached hydrogens (tertiary/aromatic N) is 2. The number of fused-ring (bicyclic) bond motifs is 2. The molecule has 0 unspecified atom stereocenters. The van der Waals surface area contributed by atoms with Crippen LogP contribution in [-0.2, 0) is 10.0 Å². The molecule has 1 N–H and O–H groups in total. The Kier molecular flexibility index (Phi) is 4.80. The summed E-state index contributed by atoms with van der Waals surface area (Å²) < 4.78 is 29.6. The van der Waals surface area contributed by atoms with Crippen molar-refractivity contribution in [3.8, 4) is 0 Å². The molecule has 2 heterocycles. The second-order valence-electron chi connectivity index (χ2n) is 7.03. The lowest BCUT2D eigenvalue weighted by Gasteiger charge is -2.11. The van der Waals surface area contributed by atoms with Crippen molar-refractivity contribution < 1.29 is 13.2 Å². The standard InChI is InChI=1S/C21H18ClN3O3S/c1-13(2)25-8-7-14-3-4-15(11-20(14)25)21(26)24-29(27,28)18-10-16-9-17(22)5-6-19(16)23-12-18/h3-13H,1-2H3,(H,24,26). The van der Waals surface area contributed by atoms with Crippen molar-refractivity contribution in [2.45, 2.75) is 24.8 Å². The average Bonchev–Trinajstić information content (AvgIpc) is 3.10. The number of carbonyl (C=O) groups is 1. The Labute approximate surface area is 173 Å². The van der Waals surface area contributed by atoms with Crippen molar-refractivity contribution in [1.29, 1.82) is 0 Å². The zero-order chi connectivity index (χ0) is 20.8. The van der Waals surface area contributed by atoms with E-state index in [-0.39, 0.29) is 16.5 Å². The molecule has 0 bridgehead atoms. The highest BCUT2D eigenvalue weighted by atomic mass is 35.5. The van der Waals surface area contributed by atoms with E-state index in [9.17, 15) is 13.2 Å². The van der Waals surface area contributed by atoms with E-state index >= 15 is 0 Å². The lowest BCUT2D eigenvalue weighted by Crippen LogP contribution is -2.30. The molecule has 0 aliphatic heterocycles. The summed E-state index contributed by atoms with van der Waals surface area (Å²) in [6.07, 6.45) is 3.17.